The smallest absolute Gasteiger partial charge is 0.161 e. The quantitative estimate of drug-likeness (QED) is 0.877. The van der Waals surface area contributed by atoms with Crippen LogP contribution in [0.15, 0.2) is 36.4 Å². The summed E-state index contributed by atoms with van der Waals surface area (Å²) in [5, 5.41) is 12.5. The summed E-state index contributed by atoms with van der Waals surface area (Å²) in [5.74, 6) is -0.814. The molecule has 2 aromatic carbocycles. The van der Waals surface area contributed by atoms with E-state index in [9.17, 15) is 13.9 Å². The Hall–Kier alpha value is -2.30. The van der Waals surface area contributed by atoms with Crippen LogP contribution in [0.25, 0.3) is 0 Å². The van der Waals surface area contributed by atoms with Crippen LogP contribution >= 0.6 is 0 Å². The summed E-state index contributed by atoms with van der Waals surface area (Å²) in [5.41, 5.74) is 1.18. The Morgan fingerprint density at radius 2 is 1.80 bits per heavy atom. The van der Waals surface area contributed by atoms with E-state index in [0.29, 0.717) is 24.6 Å². The molecular formula is C15H15F2NO2. The molecule has 0 bridgehead atoms. The van der Waals surface area contributed by atoms with Crippen LogP contribution < -0.4 is 10.1 Å². The summed E-state index contributed by atoms with van der Waals surface area (Å²) in [6.45, 7) is 2.63. The minimum absolute atomic E-state index is 0.0624. The molecule has 2 aromatic rings. The van der Waals surface area contributed by atoms with Crippen molar-refractivity contribution >= 4 is 5.69 Å². The van der Waals surface area contributed by atoms with Gasteiger partial charge in [0.15, 0.2) is 11.5 Å². The summed E-state index contributed by atoms with van der Waals surface area (Å²) in [6.07, 6.45) is 0. The van der Waals surface area contributed by atoms with Gasteiger partial charge >= 0.3 is 0 Å². The lowest BCUT2D eigenvalue weighted by Gasteiger charge is -2.10. The lowest BCUT2D eigenvalue weighted by atomic mass is 10.2. The summed E-state index contributed by atoms with van der Waals surface area (Å²) in [4.78, 5) is 0. The highest BCUT2D eigenvalue weighted by Crippen LogP contribution is 2.27. The first-order chi connectivity index (χ1) is 9.58. The number of hydrogen-bond acceptors (Lipinski definition) is 3. The molecule has 0 aliphatic rings. The average molecular weight is 279 g/mol. The fourth-order valence-electron chi connectivity index (χ4n) is 1.80. The molecule has 0 saturated heterocycles. The number of phenols is 1. The van der Waals surface area contributed by atoms with E-state index in [1.165, 1.54) is 18.2 Å². The number of anilines is 1. The van der Waals surface area contributed by atoms with Gasteiger partial charge in [0.25, 0.3) is 0 Å². The van der Waals surface area contributed by atoms with Crippen molar-refractivity contribution in [3.8, 4) is 11.5 Å². The maximum Gasteiger partial charge on any atom is 0.161 e. The standard InChI is InChI=1S/C15H15F2NO2/c1-2-20-15-5-10(3-4-14(15)19)9-18-13-7-11(16)6-12(17)8-13/h3-8,18-19H,2,9H2,1H3. The summed E-state index contributed by atoms with van der Waals surface area (Å²) in [7, 11) is 0. The molecule has 0 spiro atoms. The third-order valence-corrected chi connectivity index (χ3v) is 2.68. The number of phenolic OH excluding ortho intramolecular Hbond substituents is 1. The van der Waals surface area contributed by atoms with Crippen molar-refractivity contribution in [1.82, 2.24) is 0 Å². The second-order valence-electron chi connectivity index (χ2n) is 4.25. The van der Waals surface area contributed by atoms with Gasteiger partial charge in [0, 0.05) is 18.3 Å². The van der Waals surface area contributed by atoms with E-state index < -0.39 is 11.6 Å². The van der Waals surface area contributed by atoms with Crippen LogP contribution in [-0.4, -0.2) is 11.7 Å². The minimum atomic E-state index is -0.631. The Bertz CT molecular complexity index is 582. The molecule has 0 amide bonds. The van der Waals surface area contributed by atoms with E-state index in [2.05, 4.69) is 5.32 Å². The van der Waals surface area contributed by atoms with Crippen LogP contribution in [0.2, 0.25) is 0 Å². The molecule has 2 N–H and O–H groups in total. The molecule has 5 heteroatoms. The predicted octanol–water partition coefficient (Wildman–Crippen LogP) is 3.68. The third kappa shape index (κ3) is 3.60. The van der Waals surface area contributed by atoms with Gasteiger partial charge in [0.1, 0.15) is 11.6 Å². The van der Waals surface area contributed by atoms with Crippen molar-refractivity contribution in [2.45, 2.75) is 13.5 Å². The largest absolute Gasteiger partial charge is 0.504 e. The molecule has 0 atom stereocenters. The summed E-state index contributed by atoms with van der Waals surface area (Å²) < 4.78 is 31.3. The van der Waals surface area contributed by atoms with Crippen molar-refractivity contribution in [3.63, 3.8) is 0 Å². The lowest BCUT2D eigenvalue weighted by Crippen LogP contribution is -2.01. The maximum atomic E-state index is 13.0. The number of hydrogen-bond donors (Lipinski definition) is 2. The van der Waals surface area contributed by atoms with Gasteiger partial charge in [-0.1, -0.05) is 6.07 Å². The first-order valence-corrected chi connectivity index (χ1v) is 6.23. The van der Waals surface area contributed by atoms with Gasteiger partial charge in [-0.2, -0.15) is 0 Å². The molecule has 3 nitrogen and oxygen atoms in total. The van der Waals surface area contributed by atoms with Crippen LogP contribution in [0.3, 0.4) is 0 Å². The molecule has 20 heavy (non-hydrogen) atoms. The van der Waals surface area contributed by atoms with Crippen molar-refractivity contribution < 1.29 is 18.6 Å². The van der Waals surface area contributed by atoms with Gasteiger partial charge in [-0.3, -0.25) is 0 Å². The molecule has 0 unspecified atom stereocenters. The van der Waals surface area contributed by atoms with Crippen molar-refractivity contribution in [2.24, 2.45) is 0 Å². The highest BCUT2D eigenvalue weighted by atomic mass is 19.1. The van der Waals surface area contributed by atoms with E-state index in [1.807, 2.05) is 6.92 Å². The maximum absolute atomic E-state index is 13.0. The van der Waals surface area contributed by atoms with Crippen LogP contribution in [0.1, 0.15) is 12.5 Å². The Labute approximate surface area is 115 Å². The minimum Gasteiger partial charge on any atom is -0.504 e. The highest BCUT2D eigenvalue weighted by molar-refractivity contribution is 5.46. The number of rotatable bonds is 5. The third-order valence-electron chi connectivity index (χ3n) is 2.68. The Kier molecular flexibility index (Phi) is 4.40. The molecule has 0 aliphatic heterocycles. The SMILES string of the molecule is CCOc1cc(CNc2cc(F)cc(F)c2)ccc1O. The zero-order chi connectivity index (χ0) is 14.5. The zero-order valence-corrected chi connectivity index (χ0v) is 11.0. The van der Waals surface area contributed by atoms with Crippen molar-refractivity contribution in [3.05, 3.63) is 53.6 Å². The zero-order valence-electron chi connectivity index (χ0n) is 11.0. The Balaban J connectivity index is 2.08. The van der Waals surface area contributed by atoms with Gasteiger partial charge in [-0.05, 0) is 36.8 Å². The lowest BCUT2D eigenvalue weighted by molar-refractivity contribution is 0.318. The highest BCUT2D eigenvalue weighted by Gasteiger charge is 2.04. The molecule has 106 valence electrons. The normalized spacial score (nSPS) is 10.3. The number of aromatic hydroxyl groups is 1. The van der Waals surface area contributed by atoms with E-state index in [-0.39, 0.29) is 5.75 Å². The van der Waals surface area contributed by atoms with Gasteiger partial charge in [0.05, 0.1) is 6.61 Å². The average Bonchev–Trinajstić information content (AvgIpc) is 2.39. The van der Waals surface area contributed by atoms with Gasteiger partial charge in [-0.15, -0.1) is 0 Å². The molecule has 0 radical (unpaired) electrons. The molecule has 0 fully saturated rings. The van der Waals surface area contributed by atoms with Crippen LogP contribution in [0, 0.1) is 11.6 Å². The Morgan fingerprint density at radius 3 is 2.45 bits per heavy atom. The van der Waals surface area contributed by atoms with E-state index in [4.69, 9.17) is 4.74 Å². The summed E-state index contributed by atoms with van der Waals surface area (Å²) >= 11 is 0. The van der Waals surface area contributed by atoms with E-state index in [1.54, 1.807) is 12.1 Å². The molecule has 2 rings (SSSR count). The Morgan fingerprint density at radius 1 is 1.10 bits per heavy atom. The van der Waals surface area contributed by atoms with Gasteiger partial charge in [0.2, 0.25) is 0 Å². The van der Waals surface area contributed by atoms with Crippen LogP contribution in [-0.2, 0) is 6.54 Å². The number of nitrogens with one attached hydrogen (secondary N) is 1. The topological polar surface area (TPSA) is 41.5 Å². The first-order valence-electron chi connectivity index (χ1n) is 6.23. The fourth-order valence-corrected chi connectivity index (χ4v) is 1.80. The van der Waals surface area contributed by atoms with E-state index in [0.717, 1.165) is 11.6 Å². The van der Waals surface area contributed by atoms with E-state index >= 15 is 0 Å². The molecule has 0 heterocycles. The predicted molar refractivity (Wildman–Crippen MR) is 73.0 cm³/mol. The van der Waals surface area contributed by atoms with Crippen molar-refractivity contribution in [2.75, 3.05) is 11.9 Å². The van der Waals surface area contributed by atoms with Crippen LogP contribution in [0.4, 0.5) is 14.5 Å². The van der Waals surface area contributed by atoms with Crippen molar-refractivity contribution in [1.29, 1.82) is 0 Å². The number of ether oxygens (including phenoxy) is 1. The first kappa shape index (κ1) is 14.1. The monoisotopic (exact) mass is 279 g/mol. The second kappa shape index (κ2) is 6.23. The molecule has 0 aliphatic carbocycles. The van der Waals surface area contributed by atoms with Crippen LogP contribution in [0.5, 0.6) is 11.5 Å². The fraction of sp³-hybridized carbons (Fsp3) is 0.200. The summed E-state index contributed by atoms with van der Waals surface area (Å²) in [6, 6.07) is 8.16. The van der Waals surface area contributed by atoms with Gasteiger partial charge in [-0.25, -0.2) is 8.78 Å². The number of benzene rings is 2. The molecule has 0 aromatic heterocycles. The number of halogens is 2. The second-order valence-corrected chi connectivity index (χ2v) is 4.25. The van der Waals surface area contributed by atoms with Gasteiger partial charge < -0.3 is 15.2 Å². The molecular weight excluding hydrogens is 264 g/mol. The molecule has 0 saturated carbocycles.